The first-order chi connectivity index (χ1) is 9.11. The van der Waals surface area contributed by atoms with Crippen LogP contribution in [-0.4, -0.2) is 17.0 Å². The first-order valence-corrected chi connectivity index (χ1v) is 10.5. The second-order valence-corrected chi connectivity index (χ2v) is 7.85. The fourth-order valence-corrected chi connectivity index (χ4v) is 4.71. The molecule has 0 aromatic heterocycles. The van der Waals surface area contributed by atoms with E-state index in [0.717, 1.165) is 17.7 Å². The molecule has 2 nitrogen and oxygen atoms in total. The van der Waals surface area contributed by atoms with Gasteiger partial charge in [0.2, 0.25) is 5.91 Å². The molecular formula is C14H16INOS2. The standard InChI is InChI=1S/C14H16INOS2/c1-9-3-5-11(6-4-9)18-8-7-12-10(2)13(17)16-14(12)19-15/h3-6,14H,7-8H2,1-2H3,(H,16,17). The molecule has 5 heteroatoms. The highest BCUT2D eigenvalue weighted by atomic mass is 127. The maximum absolute atomic E-state index is 11.6. The third-order valence-electron chi connectivity index (χ3n) is 3.15. The summed E-state index contributed by atoms with van der Waals surface area (Å²) in [6.07, 6.45) is 0.962. The predicted molar refractivity (Wildman–Crippen MR) is 92.8 cm³/mol. The normalized spacial score (nSPS) is 18.9. The lowest BCUT2D eigenvalue weighted by Crippen LogP contribution is -2.24. The molecule has 0 saturated carbocycles. The molecule has 1 amide bonds. The van der Waals surface area contributed by atoms with Gasteiger partial charge < -0.3 is 5.32 Å². The zero-order valence-corrected chi connectivity index (χ0v) is 14.7. The van der Waals surface area contributed by atoms with Crippen molar-refractivity contribution in [1.29, 1.82) is 0 Å². The van der Waals surface area contributed by atoms with Gasteiger partial charge in [0, 0.05) is 16.2 Å². The number of carbonyl (C=O) groups excluding carboxylic acids is 1. The van der Waals surface area contributed by atoms with E-state index in [1.54, 1.807) is 8.93 Å². The van der Waals surface area contributed by atoms with Gasteiger partial charge in [0.05, 0.1) is 0 Å². The van der Waals surface area contributed by atoms with Gasteiger partial charge in [-0.05, 0) is 59.2 Å². The number of halogens is 1. The van der Waals surface area contributed by atoms with E-state index in [0.29, 0.717) is 0 Å². The third kappa shape index (κ3) is 3.92. The van der Waals surface area contributed by atoms with Crippen molar-refractivity contribution in [1.82, 2.24) is 5.32 Å². The molecule has 19 heavy (non-hydrogen) atoms. The summed E-state index contributed by atoms with van der Waals surface area (Å²) in [5, 5.41) is 3.15. The van der Waals surface area contributed by atoms with E-state index in [1.165, 1.54) is 16.0 Å². The molecule has 1 aliphatic rings. The molecule has 0 radical (unpaired) electrons. The van der Waals surface area contributed by atoms with Crippen LogP contribution in [0.1, 0.15) is 18.9 Å². The van der Waals surface area contributed by atoms with Crippen LogP contribution < -0.4 is 5.32 Å². The summed E-state index contributed by atoms with van der Waals surface area (Å²) in [5.74, 6) is 1.10. The molecule has 1 N–H and O–H groups in total. The largest absolute Gasteiger partial charge is 0.336 e. The van der Waals surface area contributed by atoms with Gasteiger partial charge in [-0.2, -0.15) is 0 Å². The van der Waals surface area contributed by atoms with Gasteiger partial charge >= 0.3 is 0 Å². The van der Waals surface area contributed by atoms with Gasteiger partial charge in [-0.3, -0.25) is 4.79 Å². The summed E-state index contributed by atoms with van der Waals surface area (Å²) in [6.45, 7) is 4.02. The Hall–Kier alpha value is -0.140. The molecule has 1 atom stereocenters. The van der Waals surface area contributed by atoms with Crippen molar-refractivity contribution in [3.8, 4) is 0 Å². The Morgan fingerprint density at radius 2 is 1.95 bits per heavy atom. The molecule has 1 aromatic carbocycles. The van der Waals surface area contributed by atoms with Crippen LogP contribution in [0.3, 0.4) is 0 Å². The number of rotatable bonds is 5. The Kier molecular flexibility index (Phi) is 5.65. The Labute approximate surface area is 134 Å². The van der Waals surface area contributed by atoms with E-state index in [-0.39, 0.29) is 11.3 Å². The monoisotopic (exact) mass is 405 g/mol. The van der Waals surface area contributed by atoms with Crippen LogP contribution in [0.15, 0.2) is 40.3 Å². The van der Waals surface area contributed by atoms with Crippen molar-refractivity contribution in [3.63, 3.8) is 0 Å². The smallest absolute Gasteiger partial charge is 0.248 e. The zero-order chi connectivity index (χ0) is 13.8. The maximum Gasteiger partial charge on any atom is 0.248 e. The summed E-state index contributed by atoms with van der Waals surface area (Å²) in [4.78, 5) is 12.9. The number of hydrogen-bond acceptors (Lipinski definition) is 3. The lowest BCUT2D eigenvalue weighted by Gasteiger charge is -2.11. The second-order valence-electron chi connectivity index (χ2n) is 4.50. The third-order valence-corrected chi connectivity index (χ3v) is 6.27. The second kappa shape index (κ2) is 7.04. The zero-order valence-electron chi connectivity index (χ0n) is 10.9. The van der Waals surface area contributed by atoms with Gasteiger partial charge in [0.1, 0.15) is 5.37 Å². The van der Waals surface area contributed by atoms with Crippen LogP contribution in [0.25, 0.3) is 0 Å². The number of benzene rings is 1. The summed E-state index contributed by atoms with van der Waals surface area (Å²) in [7, 11) is 1.67. The van der Waals surface area contributed by atoms with E-state index >= 15 is 0 Å². The summed E-state index contributed by atoms with van der Waals surface area (Å²) < 4.78 is 0. The van der Waals surface area contributed by atoms with Crippen molar-refractivity contribution in [2.45, 2.75) is 30.5 Å². The molecule has 0 saturated heterocycles. The molecule has 1 aromatic rings. The number of amides is 1. The van der Waals surface area contributed by atoms with Crippen LogP contribution in [-0.2, 0) is 4.79 Å². The molecule has 0 fully saturated rings. The molecular weight excluding hydrogens is 389 g/mol. The molecule has 0 aliphatic carbocycles. The topological polar surface area (TPSA) is 29.1 Å². The van der Waals surface area contributed by atoms with Crippen molar-refractivity contribution >= 4 is 47.8 Å². The fourth-order valence-electron chi connectivity index (χ4n) is 1.96. The molecule has 1 heterocycles. The van der Waals surface area contributed by atoms with Crippen molar-refractivity contribution < 1.29 is 4.79 Å². The predicted octanol–water partition coefficient (Wildman–Crippen LogP) is 4.33. The Morgan fingerprint density at radius 3 is 2.58 bits per heavy atom. The van der Waals surface area contributed by atoms with E-state index in [9.17, 15) is 4.79 Å². The number of carbonyl (C=O) groups is 1. The minimum Gasteiger partial charge on any atom is -0.336 e. The van der Waals surface area contributed by atoms with E-state index in [2.05, 4.69) is 57.7 Å². The number of hydrogen-bond donors (Lipinski definition) is 1. The maximum atomic E-state index is 11.6. The van der Waals surface area contributed by atoms with Gasteiger partial charge in [0.15, 0.2) is 0 Å². The molecule has 1 unspecified atom stereocenters. The number of thioether (sulfide) groups is 1. The summed E-state index contributed by atoms with van der Waals surface area (Å²) >= 11 is 4.10. The van der Waals surface area contributed by atoms with Crippen LogP contribution in [0, 0.1) is 6.92 Å². The summed E-state index contributed by atoms with van der Waals surface area (Å²) in [5.41, 5.74) is 3.44. The van der Waals surface area contributed by atoms with Crippen LogP contribution in [0.5, 0.6) is 0 Å². The highest BCUT2D eigenvalue weighted by Crippen LogP contribution is 2.33. The number of nitrogens with one attached hydrogen (secondary N) is 1. The fraction of sp³-hybridized carbons (Fsp3) is 0.357. The molecule has 1 aliphatic heterocycles. The van der Waals surface area contributed by atoms with Crippen molar-refractivity contribution in [3.05, 3.63) is 41.0 Å². The minimum atomic E-state index is 0.0875. The van der Waals surface area contributed by atoms with Gasteiger partial charge in [-0.1, -0.05) is 26.6 Å². The Morgan fingerprint density at radius 1 is 1.26 bits per heavy atom. The Bertz CT molecular complexity index is 499. The first kappa shape index (κ1) is 15.3. The molecule has 0 spiro atoms. The van der Waals surface area contributed by atoms with Gasteiger partial charge in [0.25, 0.3) is 0 Å². The lowest BCUT2D eigenvalue weighted by atomic mass is 10.1. The highest BCUT2D eigenvalue weighted by molar-refractivity contribution is 14.2. The van der Waals surface area contributed by atoms with Crippen LogP contribution >= 0.6 is 41.9 Å². The van der Waals surface area contributed by atoms with Crippen LogP contribution in [0.4, 0.5) is 0 Å². The van der Waals surface area contributed by atoms with Crippen LogP contribution in [0.2, 0.25) is 0 Å². The highest BCUT2D eigenvalue weighted by Gasteiger charge is 2.28. The molecule has 0 bridgehead atoms. The molecule has 2 rings (SSSR count). The average molecular weight is 405 g/mol. The van der Waals surface area contributed by atoms with E-state index in [4.69, 9.17) is 0 Å². The lowest BCUT2D eigenvalue weighted by molar-refractivity contribution is -0.116. The van der Waals surface area contributed by atoms with Gasteiger partial charge in [-0.15, -0.1) is 11.8 Å². The van der Waals surface area contributed by atoms with Gasteiger partial charge in [-0.25, -0.2) is 0 Å². The van der Waals surface area contributed by atoms with Crippen molar-refractivity contribution in [2.24, 2.45) is 0 Å². The quantitative estimate of drug-likeness (QED) is 0.584. The summed E-state index contributed by atoms with van der Waals surface area (Å²) in [6, 6.07) is 8.59. The minimum absolute atomic E-state index is 0.0875. The Balaban J connectivity index is 1.91. The average Bonchev–Trinajstić information content (AvgIpc) is 2.68. The number of aryl methyl sites for hydroxylation is 1. The molecule has 102 valence electrons. The first-order valence-electron chi connectivity index (χ1n) is 6.09. The SMILES string of the molecule is CC1=C(CCSc2ccc(C)cc2)C(SI)NC1=O. The van der Waals surface area contributed by atoms with E-state index in [1.807, 2.05) is 18.7 Å². The van der Waals surface area contributed by atoms with E-state index < -0.39 is 0 Å². The van der Waals surface area contributed by atoms with Crippen molar-refractivity contribution in [2.75, 3.05) is 5.75 Å².